The minimum absolute atomic E-state index is 0.0912. The van der Waals surface area contributed by atoms with Gasteiger partial charge in [0.05, 0.1) is 0 Å². The highest BCUT2D eigenvalue weighted by Gasteiger charge is 2.43. The Morgan fingerprint density at radius 1 is 0.764 bits per heavy atom. The zero-order valence-corrected chi connectivity index (χ0v) is 34.9. The number of carbonyl (C=O) groups excluding carboxylic acids is 8. The van der Waals surface area contributed by atoms with E-state index in [9.17, 15) is 38.4 Å². The van der Waals surface area contributed by atoms with E-state index < -0.39 is 108 Å². The first-order valence-corrected chi connectivity index (χ1v) is 19.9. The maximum atomic E-state index is 14.3. The van der Waals surface area contributed by atoms with E-state index in [1.54, 1.807) is 55.4 Å². The molecule has 2 fully saturated rings. The van der Waals surface area contributed by atoms with Gasteiger partial charge in [0.15, 0.2) is 0 Å². The smallest absolute Gasteiger partial charge is 0.329 e. The van der Waals surface area contributed by atoms with Crippen molar-refractivity contribution in [3.8, 4) is 0 Å². The molecule has 2 saturated heterocycles. The van der Waals surface area contributed by atoms with E-state index in [4.69, 9.17) is 4.74 Å². The van der Waals surface area contributed by atoms with Crippen molar-refractivity contribution in [1.29, 1.82) is 0 Å². The summed E-state index contributed by atoms with van der Waals surface area (Å²) < 4.78 is 5.82. The molecule has 312 valence electrons. The van der Waals surface area contributed by atoms with E-state index in [0.29, 0.717) is 19.3 Å². The summed E-state index contributed by atoms with van der Waals surface area (Å²) in [7, 11) is 0. The highest BCUT2D eigenvalue weighted by Crippen LogP contribution is 2.22. The topological polar surface area (TPSA) is 221 Å². The number of nitrogens with one attached hydrogen (secondary N) is 6. The Morgan fingerprint density at radius 3 is 1.78 bits per heavy atom. The van der Waals surface area contributed by atoms with Gasteiger partial charge in [0.25, 0.3) is 0 Å². The molecule has 6 N–H and O–H groups in total. The highest BCUT2D eigenvalue weighted by atomic mass is 16.5. The SMILES string of the molecule is CCCC(=O)N[C@H](C(=O)N[C@@H]1C(=O)N[C@H](CC(C)C)C(=O)N2CCC[C@H]2C(=O)N[C@@H](C(C)C)C(=O)N[C@@H](C(C)C)C(=O)NC(C(C)C)C(=O)O[C@@H]1C)C(C)C. The van der Waals surface area contributed by atoms with Gasteiger partial charge in [-0.1, -0.05) is 76.2 Å². The van der Waals surface area contributed by atoms with Crippen LogP contribution in [0.25, 0.3) is 0 Å². The van der Waals surface area contributed by atoms with E-state index in [2.05, 4.69) is 31.9 Å². The summed E-state index contributed by atoms with van der Waals surface area (Å²) in [6, 6.07) is -8.02. The van der Waals surface area contributed by atoms with Crippen LogP contribution in [-0.2, 0) is 43.1 Å². The maximum absolute atomic E-state index is 14.3. The number of nitrogens with zero attached hydrogens (tertiary/aromatic N) is 1. The normalized spacial score (nSPS) is 27.1. The Kier molecular flexibility index (Phi) is 18.1. The van der Waals surface area contributed by atoms with Crippen molar-refractivity contribution in [2.75, 3.05) is 6.54 Å². The second-order valence-electron chi connectivity index (χ2n) is 16.7. The van der Waals surface area contributed by atoms with Crippen LogP contribution in [0.4, 0.5) is 0 Å². The molecule has 0 bridgehead atoms. The number of esters is 1. The minimum atomic E-state index is -1.54. The number of ether oxygens (including phenoxy) is 1. The fourth-order valence-corrected chi connectivity index (χ4v) is 6.73. The lowest BCUT2D eigenvalue weighted by Crippen LogP contribution is -2.62. The van der Waals surface area contributed by atoms with Crippen LogP contribution >= 0.6 is 0 Å². The van der Waals surface area contributed by atoms with Gasteiger partial charge in [-0.05, 0) is 62.2 Å². The monoisotopic (exact) mass is 778 g/mol. The van der Waals surface area contributed by atoms with Gasteiger partial charge in [-0.2, -0.15) is 0 Å². The summed E-state index contributed by atoms with van der Waals surface area (Å²) >= 11 is 0. The van der Waals surface area contributed by atoms with Crippen LogP contribution in [0.5, 0.6) is 0 Å². The molecule has 16 nitrogen and oxygen atoms in total. The van der Waals surface area contributed by atoms with Gasteiger partial charge in [0, 0.05) is 13.0 Å². The molecule has 0 radical (unpaired) electrons. The molecule has 0 aromatic rings. The molecule has 8 atom stereocenters. The van der Waals surface area contributed by atoms with Crippen LogP contribution in [-0.4, -0.2) is 107 Å². The summed E-state index contributed by atoms with van der Waals surface area (Å²) in [5.74, 6) is -6.89. The summed E-state index contributed by atoms with van der Waals surface area (Å²) in [5.41, 5.74) is 0. The van der Waals surface area contributed by atoms with E-state index >= 15 is 0 Å². The molecular weight excluding hydrogens is 710 g/mol. The lowest BCUT2D eigenvalue weighted by Gasteiger charge is -2.33. The zero-order chi connectivity index (χ0) is 41.9. The molecule has 0 aromatic heterocycles. The quantitative estimate of drug-likeness (QED) is 0.166. The fourth-order valence-electron chi connectivity index (χ4n) is 6.73. The molecule has 55 heavy (non-hydrogen) atoms. The van der Waals surface area contributed by atoms with Gasteiger partial charge >= 0.3 is 5.97 Å². The minimum Gasteiger partial charge on any atom is -0.458 e. The molecule has 1 unspecified atom stereocenters. The molecule has 7 amide bonds. The van der Waals surface area contributed by atoms with Gasteiger partial charge in [-0.15, -0.1) is 0 Å². The van der Waals surface area contributed by atoms with Crippen molar-refractivity contribution < 1.29 is 43.1 Å². The van der Waals surface area contributed by atoms with Crippen LogP contribution in [0, 0.1) is 29.6 Å². The van der Waals surface area contributed by atoms with Crippen molar-refractivity contribution in [2.45, 2.75) is 164 Å². The first-order chi connectivity index (χ1) is 25.6. The Bertz CT molecular complexity index is 1400. The highest BCUT2D eigenvalue weighted by molar-refractivity contribution is 5.98. The summed E-state index contributed by atoms with van der Waals surface area (Å²) in [6.07, 6.45) is 0.418. The van der Waals surface area contributed by atoms with Gasteiger partial charge in [-0.25, -0.2) is 4.79 Å². The molecule has 0 spiro atoms. The molecule has 2 aliphatic rings. The zero-order valence-electron chi connectivity index (χ0n) is 34.9. The van der Waals surface area contributed by atoms with Crippen molar-refractivity contribution in [3.63, 3.8) is 0 Å². The number of carbonyl (C=O) groups is 8. The van der Waals surface area contributed by atoms with Crippen molar-refractivity contribution in [3.05, 3.63) is 0 Å². The first kappa shape index (κ1) is 46.9. The Balaban J connectivity index is 2.71. The molecule has 2 heterocycles. The molecule has 2 rings (SSSR count). The fraction of sp³-hybridized carbons (Fsp3) is 0.795. The third kappa shape index (κ3) is 13.2. The van der Waals surface area contributed by atoms with E-state index in [1.165, 1.54) is 11.8 Å². The summed E-state index contributed by atoms with van der Waals surface area (Å²) in [6.45, 7) is 21.0. The summed E-state index contributed by atoms with van der Waals surface area (Å²) in [4.78, 5) is 111. The standard InChI is InChI=1S/C39H67N7O9/c1-13-15-27(47)41-28(20(4)5)34(49)45-32-24(12)55-39(54)31(23(10)11)44-36(51)30(22(8)9)43-35(50)29(21(6)7)42-33(48)26-16-14-17-46(26)38(53)25(18-19(2)3)40-37(32)52/h19-26,28-32H,13-18H2,1-12H3,(H,40,52)(H,41,47)(H,42,48)(H,43,50)(H,44,51)(H,45,49)/t24-,25-,26+,28+,29+,30+,31?,32+/m1/s1. The number of fused-ring (bicyclic) bond motifs is 1. The lowest BCUT2D eigenvalue weighted by atomic mass is 9.98. The van der Waals surface area contributed by atoms with Crippen LogP contribution in [0.3, 0.4) is 0 Å². The van der Waals surface area contributed by atoms with Crippen molar-refractivity contribution in [2.24, 2.45) is 29.6 Å². The molecule has 0 saturated carbocycles. The van der Waals surface area contributed by atoms with Crippen LogP contribution in [0.1, 0.15) is 115 Å². The number of cyclic esters (lactones) is 1. The van der Waals surface area contributed by atoms with Crippen molar-refractivity contribution >= 4 is 47.3 Å². The maximum Gasteiger partial charge on any atom is 0.329 e. The molecule has 0 aromatic carbocycles. The Hall–Kier alpha value is -4.24. The second-order valence-corrected chi connectivity index (χ2v) is 16.7. The lowest BCUT2D eigenvalue weighted by molar-refractivity contribution is -0.157. The average molecular weight is 778 g/mol. The predicted molar refractivity (Wildman–Crippen MR) is 206 cm³/mol. The van der Waals surface area contributed by atoms with Crippen LogP contribution in [0.2, 0.25) is 0 Å². The third-order valence-electron chi connectivity index (χ3n) is 9.97. The third-order valence-corrected chi connectivity index (χ3v) is 9.97. The number of rotatable bonds is 11. The largest absolute Gasteiger partial charge is 0.458 e. The van der Waals surface area contributed by atoms with Gasteiger partial charge in [-0.3, -0.25) is 33.6 Å². The molecule has 0 aliphatic carbocycles. The number of hydrogen-bond donors (Lipinski definition) is 6. The molecule has 16 heteroatoms. The van der Waals surface area contributed by atoms with E-state index in [1.807, 2.05) is 20.8 Å². The number of amides is 7. The van der Waals surface area contributed by atoms with E-state index in [0.717, 1.165) is 0 Å². The molecular formula is C39H67N7O9. The Labute approximate surface area is 326 Å². The van der Waals surface area contributed by atoms with E-state index in [-0.39, 0.29) is 37.1 Å². The van der Waals surface area contributed by atoms with Gasteiger partial charge < -0.3 is 41.5 Å². The average Bonchev–Trinajstić information content (AvgIpc) is 3.57. The second kappa shape index (κ2) is 21.2. The predicted octanol–water partition coefficient (Wildman–Crippen LogP) is 1.30. The van der Waals surface area contributed by atoms with Gasteiger partial charge in [0.2, 0.25) is 41.4 Å². The van der Waals surface area contributed by atoms with Crippen molar-refractivity contribution in [1.82, 2.24) is 36.8 Å². The number of hydrogen-bond acceptors (Lipinski definition) is 9. The molecule has 2 aliphatic heterocycles. The first-order valence-electron chi connectivity index (χ1n) is 19.9. The Morgan fingerprint density at radius 2 is 1.29 bits per heavy atom. The summed E-state index contributed by atoms with van der Waals surface area (Å²) in [5, 5.41) is 16.4. The van der Waals surface area contributed by atoms with Crippen LogP contribution in [0.15, 0.2) is 0 Å². The van der Waals surface area contributed by atoms with Crippen LogP contribution < -0.4 is 31.9 Å². The van der Waals surface area contributed by atoms with Gasteiger partial charge in [0.1, 0.15) is 48.4 Å².